The number of rotatable bonds is 4. The Morgan fingerprint density at radius 3 is 2.53 bits per heavy atom. The molecule has 102 valence electrons. The molecule has 1 aromatic carbocycles. The van der Waals surface area contributed by atoms with Crippen LogP contribution in [0.1, 0.15) is 15.9 Å². The summed E-state index contributed by atoms with van der Waals surface area (Å²) in [6.07, 6.45) is -2.38. The standard InChI is InChI=1S/C12H9F3O4/c1-18-11(17)5-3-8-2-4-9(7-16)10(6-8)19-12(13,14)15/h2-7H,1H3. The van der Waals surface area contributed by atoms with Crippen molar-refractivity contribution in [2.45, 2.75) is 6.36 Å². The first-order valence-corrected chi connectivity index (χ1v) is 4.96. The first-order chi connectivity index (χ1) is 8.85. The van der Waals surface area contributed by atoms with Gasteiger partial charge in [-0.1, -0.05) is 6.07 Å². The molecule has 1 rings (SSSR count). The molecule has 0 heterocycles. The molecule has 0 N–H and O–H groups in total. The molecule has 0 saturated carbocycles. The molecule has 0 unspecified atom stereocenters. The average Bonchev–Trinajstić information content (AvgIpc) is 2.34. The third-order valence-electron chi connectivity index (χ3n) is 2.00. The van der Waals surface area contributed by atoms with Gasteiger partial charge in [-0.25, -0.2) is 4.79 Å². The largest absolute Gasteiger partial charge is 0.573 e. The Morgan fingerprint density at radius 2 is 2.00 bits per heavy atom. The maximum Gasteiger partial charge on any atom is 0.573 e. The summed E-state index contributed by atoms with van der Waals surface area (Å²) in [5.74, 6) is -1.28. The minimum Gasteiger partial charge on any atom is -0.466 e. The Morgan fingerprint density at radius 1 is 1.32 bits per heavy atom. The highest BCUT2D eigenvalue weighted by atomic mass is 19.4. The number of carbonyl (C=O) groups excluding carboxylic acids is 2. The van der Waals surface area contributed by atoms with Crippen LogP contribution in [-0.2, 0) is 9.53 Å². The van der Waals surface area contributed by atoms with Crippen molar-refractivity contribution in [1.29, 1.82) is 0 Å². The molecule has 0 bridgehead atoms. The van der Waals surface area contributed by atoms with Crippen LogP contribution in [0.15, 0.2) is 24.3 Å². The molecule has 1 aromatic rings. The van der Waals surface area contributed by atoms with E-state index in [1.165, 1.54) is 19.3 Å². The molecule has 0 amide bonds. The van der Waals surface area contributed by atoms with Crippen LogP contribution in [0, 0.1) is 0 Å². The topological polar surface area (TPSA) is 52.6 Å². The van der Waals surface area contributed by atoms with Gasteiger partial charge in [-0.05, 0) is 23.8 Å². The summed E-state index contributed by atoms with van der Waals surface area (Å²) in [5.41, 5.74) is 0.0165. The Balaban J connectivity index is 3.04. The predicted octanol–water partition coefficient (Wildman–Crippen LogP) is 2.58. The first kappa shape index (κ1) is 14.7. The lowest BCUT2D eigenvalue weighted by molar-refractivity contribution is -0.274. The van der Waals surface area contributed by atoms with Gasteiger partial charge in [-0.15, -0.1) is 13.2 Å². The van der Waals surface area contributed by atoms with Crippen LogP contribution < -0.4 is 4.74 Å². The lowest BCUT2D eigenvalue weighted by Gasteiger charge is -2.11. The van der Waals surface area contributed by atoms with Gasteiger partial charge >= 0.3 is 12.3 Å². The molecular formula is C12H9F3O4. The summed E-state index contributed by atoms with van der Waals surface area (Å²) in [6.45, 7) is 0. The highest BCUT2D eigenvalue weighted by Gasteiger charge is 2.32. The Hall–Kier alpha value is -2.31. The van der Waals surface area contributed by atoms with E-state index in [2.05, 4.69) is 9.47 Å². The lowest BCUT2D eigenvalue weighted by Crippen LogP contribution is -2.18. The second-order valence-electron chi connectivity index (χ2n) is 3.32. The molecule has 0 spiro atoms. The van der Waals surface area contributed by atoms with Crippen molar-refractivity contribution in [3.63, 3.8) is 0 Å². The van der Waals surface area contributed by atoms with E-state index < -0.39 is 18.1 Å². The summed E-state index contributed by atoms with van der Waals surface area (Å²) >= 11 is 0. The number of aldehydes is 1. The van der Waals surface area contributed by atoms with E-state index in [0.29, 0.717) is 0 Å². The fourth-order valence-electron chi connectivity index (χ4n) is 1.20. The number of hydrogen-bond acceptors (Lipinski definition) is 4. The molecule has 0 saturated heterocycles. The van der Waals surface area contributed by atoms with Crippen molar-refractivity contribution in [1.82, 2.24) is 0 Å². The van der Waals surface area contributed by atoms with Gasteiger partial charge in [0.2, 0.25) is 0 Å². The number of benzene rings is 1. The van der Waals surface area contributed by atoms with E-state index in [4.69, 9.17) is 0 Å². The van der Waals surface area contributed by atoms with E-state index >= 15 is 0 Å². The number of carbonyl (C=O) groups is 2. The third-order valence-corrected chi connectivity index (χ3v) is 2.00. The zero-order valence-electron chi connectivity index (χ0n) is 9.73. The van der Waals surface area contributed by atoms with Gasteiger partial charge in [-0.2, -0.15) is 0 Å². The third kappa shape index (κ3) is 4.82. The molecule has 0 radical (unpaired) electrons. The molecule has 0 aliphatic rings. The van der Waals surface area contributed by atoms with Crippen LogP contribution in [0.5, 0.6) is 5.75 Å². The molecule has 19 heavy (non-hydrogen) atoms. The van der Waals surface area contributed by atoms with Crippen LogP contribution in [0.25, 0.3) is 6.08 Å². The van der Waals surface area contributed by atoms with Crippen LogP contribution in [0.3, 0.4) is 0 Å². The highest BCUT2D eigenvalue weighted by Crippen LogP contribution is 2.27. The zero-order valence-corrected chi connectivity index (χ0v) is 9.73. The normalized spacial score (nSPS) is 11.4. The van der Waals surface area contributed by atoms with Crippen LogP contribution in [0.4, 0.5) is 13.2 Å². The fraction of sp³-hybridized carbons (Fsp3) is 0.167. The van der Waals surface area contributed by atoms with Gasteiger partial charge in [0.25, 0.3) is 0 Å². The van der Waals surface area contributed by atoms with E-state index in [0.717, 1.165) is 18.2 Å². The minimum atomic E-state index is -4.90. The molecule has 7 heteroatoms. The maximum absolute atomic E-state index is 12.1. The monoisotopic (exact) mass is 274 g/mol. The maximum atomic E-state index is 12.1. The molecular weight excluding hydrogens is 265 g/mol. The molecule has 0 fully saturated rings. The summed E-state index contributed by atoms with van der Waals surface area (Å²) in [4.78, 5) is 21.4. The van der Waals surface area contributed by atoms with E-state index in [9.17, 15) is 22.8 Å². The quantitative estimate of drug-likeness (QED) is 0.481. The van der Waals surface area contributed by atoms with Crippen molar-refractivity contribution in [3.05, 3.63) is 35.4 Å². The zero-order chi connectivity index (χ0) is 14.5. The fourth-order valence-corrected chi connectivity index (χ4v) is 1.20. The molecule has 0 atom stereocenters. The lowest BCUT2D eigenvalue weighted by atomic mass is 10.1. The summed E-state index contributed by atoms with van der Waals surface area (Å²) in [5, 5.41) is 0. The van der Waals surface area contributed by atoms with Gasteiger partial charge < -0.3 is 9.47 Å². The number of esters is 1. The van der Waals surface area contributed by atoms with Crippen LogP contribution >= 0.6 is 0 Å². The van der Waals surface area contributed by atoms with Crippen LogP contribution in [0.2, 0.25) is 0 Å². The number of alkyl halides is 3. The van der Waals surface area contributed by atoms with E-state index in [1.54, 1.807) is 0 Å². The van der Waals surface area contributed by atoms with E-state index in [-0.39, 0.29) is 17.4 Å². The summed E-state index contributed by atoms with van der Waals surface area (Å²) in [6, 6.07) is 3.52. The number of halogens is 3. The summed E-state index contributed by atoms with van der Waals surface area (Å²) < 4.78 is 44.4. The highest BCUT2D eigenvalue weighted by molar-refractivity contribution is 5.87. The van der Waals surface area contributed by atoms with Crippen molar-refractivity contribution in [2.24, 2.45) is 0 Å². The number of hydrogen-bond donors (Lipinski definition) is 0. The molecule has 0 aromatic heterocycles. The predicted molar refractivity (Wildman–Crippen MR) is 59.6 cm³/mol. The SMILES string of the molecule is COC(=O)C=Cc1ccc(C=O)c(OC(F)(F)F)c1. The van der Waals surface area contributed by atoms with E-state index in [1.807, 2.05) is 0 Å². The van der Waals surface area contributed by atoms with Gasteiger partial charge in [0, 0.05) is 6.08 Å². The molecule has 4 nitrogen and oxygen atoms in total. The number of methoxy groups -OCH3 is 1. The Labute approximate surface area is 106 Å². The van der Waals surface area contributed by atoms with Crippen LogP contribution in [-0.4, -0.2) is 25.7 Å². The van der Waals surface area contributed by atoms with Gasteiger partial charge in [0.15, 0.2) is 6.29 Å². The Bertz CT molecular complexity index is 506. The number of ether oxygens (including phenoxy) is 2. The summed E-state index contributed by atoms with van der Waals surface area (Å²) in [7, 11) is 1.17. The molecule has 0 aliphatic carbocycles. The van der Waals surface area contributed by atoms with Gasteiger partial charge in [-0.3, -0.25) is 4.79 Å². The average molecular weight is 274 g/mol. The van der Waals surface area contributed by atoms with Gasteiger partial charge in [0.1, 0.15) is 5.75 Å². The van der Waals surface area contributed by atoms with Crippen molar-refractivity contribution >= 4 is 18.3 Å². The smallest absolute Gasteiger partial charge is 0.466 e. The Kier molecular flexibility index (Phi) is 4.68. The van der Waals surface area contributed by atoms with Crippen molar-refractivity contribution in [3.8, 4) is 5.75 Å². The second kappa shape index (κ2) is 6.03. The minimum absolute atomic E-state index is 0.243. The molecule has 0 aliphatic heterocycles. The van der Waals surface area contributed by atoms with Gasteiger partial charge in [0.05, 0.1) is 12.7 Å². The van der Waals surface area contributed by atoms with Crippen molar-refractivity contribution < 1.29 is 32.2 Å². The second-order valence-corrected chi connectivity index (χ2v) is 3.32. The van der Waals surface area contributed by atoms with Crippen molar-refractivity contribution in [2.75, 3.05) is 7.11 Å². The first-order valence-electron chi connectivity index (χ1n) is 4.96.